The average molecular weight is 259 g/mol. The Balaban J connectivity index is 2.28. The van der Waals surface area contributed by atoms with E-state index in [2.05, 4.69) is 15.3 Å². The lowest BCUT2D eigenvalue weighted by molar-refractivity contribution is 0.0696. The number of nitrogens with one attached hydrogen (secondary N) is 1. The van der Waals surface area contributed by atoms with Crippen molar-refractivity contribution in [2.45, 2.75) is 6.92 Å². The number of rotatable bonds is 4. The number of carboxylic acids is 1. The molecule has 0 atom stereocenters. The van der Waals surface area contributed by atoms with E-state index in [1.807, 2.05) is 0 Å². The lowest BCUT2D eigenvalue weighted by atomic mass is 10.1. The summed E-state index contributed by atoms with van der Waals surface area (Å²) in [6.45, 7) is 1.75. The molecule has 1 heterocycles. The van der Waals surface area contributed by atoms with Crippen LogP contribution in [0, 0.1) is 6.92 Å². The highest BCUT2D eigenvalue weighted by Gasteiger charge is 2.08. The van der Waals surface area contributed by atoms with Crippen molar-refractivity contribution >= 4 is 17.5 Å². The zero-order valence-corrected chi connectivity index (χ0v) is 10.5. The van der Waals surface area contributed by atoms with Gasteiger partial charge in [-0.1, -0.05) is 6.07 Å². The SMILES string of the molecule is COc1cc(Nc2ccc(C)c(C(=O)O)c2)ncn1. The highest BCUT2D eigenvalue weighted by atomic mass is 16.5. The van der Waals surface area contributed by atoms with Gasteiger partial charge in [0.05, 0.1) is 12.7 Å². The highest BCUT2D eigenvalue weighted by molar-refractivity contribution is 5.90. The minimum Gasteiger partial charge on any atom is -0.481 e. The van der Waals surface area contributed by atoms with Gasteiger partial charge in [-0.2, -0.15) is 0 Å². The second kappa shape index (κ2) is 5.34. The van der Waals surface area contributed by atoms with E-state index in [9.17, 15) is 4.79 Å². The molecule has 0 aliphatic heterocycles. The quantitative estimate of drug-likeness (QED) is 0.875. The van der Waals surface area contributed by atoms with E-state index in [0.29, 0.717) is 22.9 Å². The van der Waals surface area contributed by atoms with Gasteiger partial charge in [-0.05, 0) is 24.6 Å². The Kier molecular flexibility index (Phi) is 3.61. The number of anilines is 2. The number of nitrogens with zero attached hydrogens (tertiary/aromatic N) is 2. The smallest absolute Gasteiger partial charge is 0.336 e. The van der Waals surface area contributed by atoms with E-state index in [0.717, 1.165) is 0 Å². The third kappa shape index (κ3) is 2.98. The number of carbonyl (C=O) groups is 1. The van der Waals surface area contributed by atoms with Crippen molar-refractivity contribution in [2.24, 2.45) is 0 Å². The molecule has 0 aliphatic carbocycles. The largest absolute Gasteiger partial charge is 0.481 e. The summed E-state index contributed by atoms with van der Waals surface area (Å²) in [6, 6.07) is 6.72. The Labute approximate surface area is 110 Å². The van der Waals surface area contributed by atoms with Crippen LogP contribution in [0.25, 0.3) is 0 Å². The van der Waals surface area contributed by atoms with Gasteiger partial charge in [-0.3, -0.25) is 0 Å². The maximum absolute atomic E-state index is 11.1. The Bertz CT molecular complexity index is 614. The number of aryl methyl sites for hydroxylation is 1. The van der Waals surface area contributed by atoms with Crippen molar-refractivity contribution in [3.05, 3.63) is 41.7 Å². The van der Waals surface area contributed by atoms with Crippen molar-refractivity contribution in [3.8, 4) is 5.88 Å². The van der Waals surface area contributed by atoms with Crippen molar-refractivity contribution in [3.63, 3.8) is 0 Å². The maximum Gasteiger partial charge on any atom is 0.336 e. The number of hydrogen-bond acceptors (Lipinski definition) is 5. The molecular formula is C13H13N3O3. The van der Waals surface area contributed by atoms with Crippen molar-refractivity contribution < 1.29 is 14.6 Å². The number of methoxy groups -OCH3 is 1. The number of benzene rings is 1. The summed E-state index contributed by atoms with van der Waals surface area (Å²) >= 11 is 0. The van der Waals surface area contributed by atoms with Gasteiger partial charge in [0.25, 0.3) is 0 Å². The van der Waals surface area contributed by atoms with Gasteiger partial charge in [0, 0.05) is 11.8 Å². The molecule has 2 rings (SSSR count). The van der Waals surface area contributed by atoms with E-state index in [1.54, 1.807) is 31.2 Å². The lowest BCUT2D eigenvalue weighted by Crippen LogP contribution is -2.02. The third-order valence-corrected chi connectivity index (χ3v) is 2.59. The first-order valence-electron chi connectivity index (χ1n) is 5.57. The van der Waals surface area contributed by atoms with Crippen LogP contribution in [0.1, 0.15) is 15.9 Å². The molecule has 0 fully saturated rings. The van der Waals surface area contributed by atoms with Gasteiger partial charge in [0.2, 0.25) is 5.88 Å². The van der Waals surface area contributed by atoms with Crippen LogP contribution in [0.15, 0.2) is 30.6 Å². The first-order chi connectivity index (χ1) is 9.10. The number of ether oxygens (including phenoxy) is 1. The van der Waals surface area contributed by atoms with E-state index < -0.39 is 5.97 Å². The standard InChI is InChI=1S/C13H13N3O3/c1-8-3-4-9(5-10(8)13(17)18)16-11-6-12(19-2)15-7-14-11/h3-7H,1-2H3,(H,17,18)(H,14,15,16). The van der Waals surface area contributed by atoms with E-state index in [1.165, 1.54) is 13.4 Å². The molecule has 1 aromatic heterocycles. The minimum absolute atomic E-state index is 0.256. The zero-order chi connectivity index (χ0) is 13.8. The molecule has 6 nitrogen and oxygen atoms in total. The Hall–Kier alpha value is -2.63. The van der Waals surface area contributed by atoms with Crippen LogP contribution in [0.2, 0.25) is 0 Å². The summed E-state index contributed by atoms with van der Waals surface area (Å²) in [5.41, 5.74) is 1.60. The summed E-state index contributed by atoms with van der Waals surface area (Å²) in [4.78, 5) is 19.0. The van der Waals surface area contributed by atoms with Gasteiger partial charge in [-0.25, -0.2) is 14.8 Å². The molecule has 0 spiro atoms. The summed E-state index contributed by atoms with van der Waals surface area (Å²) in [7, 11) is 1.51. The molecule has 98 valence electrons. The van der Waals surface area contributed by atoms with Gasteiger partial charge in [0.1, 0.15) is 12.1 Å². The number of aromatic nitrogens is 2. The van der Waals surface area contributed by atoms with Crippen LogP contribution in [0.5, 0.6) is 5.88 Å². The minimum atomic E-state index is -0.957. The molecule has 0 saturated carbocycles. The summed E-state index contributed by atoms with van der Waals surface area (Å²) in [6.07, 6.45) is 1.37. The second-order valence-electron chi connectivity index (χ2n) is 3.91. The fraction of sp³-hybridized carbons (Fsp3) is 0.154. The molecule has 0 aliphatic rings. The van der Waals surface area contributed by atoms with Crippen LogP contribution in [-0.4, -0.2) is 28.2 Å². The van der Waals surface area contributed by atoms with Gasteiger partial charge < -0.3 is 15.2 Å². The molecule has 2 N–H and O–H groups in total. The van der Waals surface area contributed by atoms with Crippen molar-refractivity contribution in [2.75, 3.05) is 12.4 Å². The molecule has 0 bridgehead atoms. The Morgan fingerprint density at radius 1 is 1.32 bits per heavy atom. The molecular weight excluding hydrogens is 246 g/mol. The molecule has 19 heavy (non-hydrogen) atoms. The predicted octanol–water partition coefficient (Wildman–Crippen LogP) is 2.24. The van der Waals surface area contributed by atoms with Crippen LogP contribution in [-0.2, 0) is 0 Å². The van der Waals surface area contributed by atoms with Crippen LogP contribution >= 0.6 is 0 Å². The van der Waals surface area contributed by atoms with Gasteiger partial charge in [-0.15, -0.1) is 0 Å². The third-order valence-electron chi connectivity index (χ3n) is 2.59. The molecule has 1 aromatic carbocycles. The molecule has 2 aromatic rings. The summed E-state index contributed by atoms with van der Waals surface area (Å²) in [5.74, 6) is 0.0107. The fourth-order valence-electron chi connectivity index (χ4n) is 1.60. The second-order valence-corrected chi connectivity index (χ2v) is 3.91. The summed E-state index contributed by atoms with van der Waals surface area (Å²) < 4.78 is 4.99. The first-order valence-corrected chi connectivity index (χ1v) is 5.57. The highest BCUT2D eigenvalue weighted by Crippen LogP contribution is 2.20. The van der Waals surface area contributed by atoms with Crippen LogP contribution in [0.3, 0.4) is 0 Å². The van der Waals surface area contributed by atoms with E-state index >= 15 is 0 Å². The van der Waals surface area contributed by atoms with E-state index in [-0.39, 0.29) is 5.56 Å². The van der Waals surface area contributed by atoms with Crippen LogP contribution < -0.4 is 10.1 Å². The molecule has 6 heteroatoms. The molecule has 0 amide bonds. The fourth-order valence-corrected chi connectivity index (χ4v) is 1.60. The van der Waals surface area contributed by atoms with Crippen molar-refractivity contribution in [1.29, 1.82) is 0 Å². The predicted molar refractivity (Wildman–Crippen MR) is 70.0 cm³/mol. The Morgan fingerprint density at radius 3 is 2.79 bits per heavy atom. The van der Waals surface area contributed by atoms with Gasteiger partial charge in [0.15, 0.2) is 0 Å². The maximum atomic E-state index is 11.1. The number of carboxylic acid groups (broad SMARTS) is 1. The lowest BCUT2D eigenvalue weighted by Gasteiger charge is -2.08. The average Bonchev–Trinajstić information content (AvgIpc) is 2.41. The summed E-state index contributed by atoms with van der Waals surface area (Å²) in [5, 5.41) is 12.1. The normalized spacial score (nSPS) is 10.0. The topological polar surface area (TPSA) is 84.3 Å². The monoisotopic (exact) mass is 259 g/mol. The Morgan fingerprint density at radius 2 is 2.11 bits per heavy atom. The number of aromatic carboxylic acids is 1. The molecule has 0 unspecified atom stereocenters. The zero-order valence-electron chi connectivity index (χ0n) is 10.5. The number of hydrogen-bond donors (Lipinski definition) is 2. The van der Waals surface area contributed by atoms with Crippen LogP contribution in [0.4, 0.5) is 11.5 Å². The molecule has 0 radical (unpaired) electrons. The van der Waals surface area contributed by atoms with Crippen molar-refractivity contribution in [1.82, 2.24) is 9.97 Å². The van der Waals surface area contributed by atoms with E-state index in [4.69, 9.17) is 9.84 Å². The molecule has 0 saturated heterocycles. The van der Waals surface area contributed by atoms with Gasteiger partial charge >= 0.3 is 5.97 Å². The first kappa shape index (κ1) is 12.8.